The number of hydrogen-bond donors (Lipinski definition) is 0. The summed E-state index contributed by atoms with van der Waals surface area (Å²) in [5, 5.41) is 2.30. The predicted octanol–water partition coefficient (Wildman–Crippen LogP) is 6.99. The minimum Gasteiger partial charge on any atom is -0.458 e. The van der Waals surface area contributed by atoms with Gasteiger partial charge in [0, 0.05) is 28.8 Å². The summed E-state index contributed by atoms with van der Waals surface area (Å²) < 4.78 is 12.9. The van der Waals surface area contributed by atoms with Crippen molar-refractivity contribution in [3.63, 3.8) is 0 Å². The first-order chi connectivity index (χ1) is 19.9. The van der Waals surface area contributed by atoms with E-state index >= 15 is 0 Å². The first-order valence-electron chi connectivity index (χ1n) is 14.0. The highest BCUT2D eigenvalue weighted by molar-refractivity contribution is 6.98. The third kappa shape index (κ3) is 3.84. The van der Waals surface area contributed by atoms with E-state index in [1.54, 1.807) is 0 Å². The lowest BCUT2D eigenvalue weighted by atomic mass is 9.34. The molecule has 4 nitrogen and oxygen atoms in total. The van der Waals surface area contributed by atoms with Crippen molar-refractivity contribution in [3.8, 4) is 45.5 Å². The molecule has 2 aliphatic heterocycles. The third-order valence-corrected chi connectivity index (χ3v) is 8.27. The second-order valence-electron chi connectivity index (χ2n) is 11.9. The van der Waals surface area contributed by atoms with Gasteiger partial charge in [-0.2, -0.15) is 0 Å². The summed E-state index contributed by atoms with van der Waals surface area (Å²) in [4.78, 5) is 9.56. The molecule has 0 N–H and O–H groups in total. The second-order valence-corrected chi connectivity index (χ2v) is 11.9. The normalized spacial score (nSPS) is 13.1. The number of aromatic nitrogens is 2. The summed E-state index contributed by atoms with van der Waals surface area (Å²) >= 11 is 0. The lowest BCUT2D eigenvalue weighted by Gasteiger charge is -2.33. The van der Waals surface area contributed by atoms with Crippen molar-refractivity contribution in [2.24, 2.45) is 0 Å². The molecule has 0 fully saturated rings. The average molecular weight is 530 g/mol. The summed E-state index contributed by atoms with van der Waals surface area (Å²) in [6.07, 6.45) is 3.79. The van der Waals surface area contributed by atoms with Crippen LogP contribution in [0.3, 0.4) is 0 Å². The van der Waals surface area contributed by atoms with Gasteiger partial charge in [0.15, 0.2) is 0 Å². The Bertz CT molecular complexity index is 1990. The maximum Gasteiger partial charge on any atom is 0.260 e. The molecule has 2 aromatic heterocycles. The SMILES string of the molecule is CC(C)(C)c1ccnc(-c2ccc3c(c2)B2c4cc(-c5nccc6ccccc56)ccc4Oc4cccc(c42)O3)c1. The number of fused-ring (bicyclic) bond motifs is 5. The van der Waals surface area contributed by atoms with Gasteiger partial charge in [-0.25, -0.2) is 0 Å². The van der Waals surface area contributed by atoms with Crippen molar-refractivity contribution < 1.29 is 9.47 Å². The van der Waals surface area contributed by atoms with Crippen LogP contribution in [0.2, 0.25) is 0 Å². The molecule has 0 spiro atoms. The van der Waals surface area contributed by atoms with Crippen LogP contribution in [0, 0.1) is 0 Å². The highest BCUT2D eigenvalue weighted by atomic mass is 16.5. The summed E-state index contributed by atoms with van der Waals surface area (Å²) in [6, 6.07) is 33.7. The van der Waals surface area contributed by atoms with Gasteiger partial charge in [-0.1, -0.05) is 63.2 Å². The largest absolute Gasteiger partial charge is 0.458 e. The summed E-state index contributed by atoms with van der Waals surface area (Å²) in [5.41, 5.74) is 8.63. The Morgan fingerprint density at radius 2 is 1.29 bits per heavy atom. The van der Waals surface area contributed by atoms with Crippen molar-refractivity contribution in [1.82, 2.24) is 9.97 Å². The summed E-state index contributed by atoms with van der Waals surface area (Å²) in [5.74, 6) is 3.38. The molecule has 196 valence electrons. The topological polar surface area (TPSA) is 44.2 Å². The van der Waals surface area contributed by atoms with Crippen molar-refractivity contribution in [1.29, 1.82) is 0 Å². The Hall–Kier alpha value is -4.90. The molecule has 4 heterocycles. The molecule has 8 rings (SSSR count). The van der Waals surface area contributed by atoms with Crippen LogP contribution >= 0.6 is 0 Å². The molecule has 0 bridgehead atoms. The van der Waals surface area contributed by atoms with Crippen LogP contribution < -0.4 is 25.9 Å². The first-order valence-corrected chi connectivity index (χ1v) is 14.0. The zero-order valence-electron chi connectivity index (χ0n) is 23.2. The predicted molar refractivity (Wildman–Crippen MR) is 167 cm³/mol. The Morgan fingerprint density at radius 1 is 0.610 bits per heavy atom. The highest BCUT2D eigenvalue weighted by Crippen LogP contribution is 2.37. The van der Waals surface area contributed by atoms with E-state index in [2.05, 4.69) is 99.6 Å². The average Bonchev–Trinajstić information content (AvgIpc) is 3.00. The Balaban J connectivity index is 1.32. The number of benzene rings is 4. The molecule has 4 aromatic carbocycles. The first kappa shape index (κ1) is 23.9. The standard InChI is InChI=1S/C36H27BN2O2/c1-36(2,3)25-16-18-38-29(21-25)23-11-13-30-27(19-23)37-28-20-24(35-26-8-5-4-7-22(26)15-17-39-35)12-14-31(28)41-33-10-6-9-32(40-30)34(33)37/h4-21H,1-3H3. The summed E-state index contributed by atoms with van der Waals surface area (Å²) in [7, 11) is 0. The van der Waals surface area contributed by atoms with Gasteiger partial charge in [0.25, 0.3) is 6.71 Å². The molecule has 5 heteroatoms. The smallest absolute Gasteiger partial charge is 0.260 e. The minimum atomic E-state index is -0.0469. The Kier molecular flexibility index (Phi) is 5.14. The fourth-order valence-electron chi connectivity index (χ4n) is 6.15. The van der Waals surface area contributed by atoms with Gasteiger partial charge in [0.05, 0.1) is 11.4 Å². The van der Waals surface area contributed by atoms with E-state index in [1.807, 2.05) is 30.6 Å². The Morgan fingerprint density at radius 3 is 2.05 bits per heavy atom. The lowest BCUT2D eigenvalue weighted by Crippen LogP contribution is -2.57. The third-order valence-electron chi connectivity index (χ3n) is 8.27. The second kappa shape index (κ2) is 8.80. The molecular formula is C36H27BN2O2. The van der Waals surface area contributed by atoms with Crippen LogP contribution in [-0.4, -0.2) is 16.7 Å². The molecular weight excluding hydrogens is 503 g/mol. The zero-order chi connectivity index (χ0) is 27.7. The van der Waals surface area contributed by atoms with E-state index in [0.29, 0.717) is 0 Å². The van der Waals surface area contributed by atoms with Crippen molar-refractivity contribution in [2.45, 2.75) is 26.2 Å². The molecule has 2 aliphatic rings. The van der Waals surface area contributed by atoms with Crippen LogP contribution in [0.5, 0.6) is 23.0 Å². The molecule has 0 amide bonds. The van der Waals surface area contributed by atoms with Crippen LogP contribution in [0.1, 0.15) is 26.3 Å². The van der Waals surface area contributed by atoms with Crippen molar-refractivity contribution in [2.75, 3.05) is 0 Å². The van der Waals surface area contributed by atoms with E-state index in [9.17, 15) is 0 Å². The minimum absolute atomic E-state index is 0.0363. The van der Waals surface area contributed by atoms with Gasteiger partial charge in [-0.3, -0.25) is 9.97 Å². The van der Waals surface area contributed by atoms with E-state index in [1.165, 1.54) is 10.9 Å². The number of rotatable bonds is 2. The molecule has 0 saturated heterocycles. The van der Waals surface area contributed by atoms with Gasteiger partial charge in [-0.05, 0) is 87.5 Å². The maximum atomic E-state index is 6.47. The maximum absolute atomic E-state index is 6.47. The van der Waals surface area contributed by atoms with E-state index < -0.39 is 0 Å². The fraction of sp³-hybridized carbons (Fsp3) is 0.111. The van der Waals surface area contributed by atoms with Crippen LogP contribution in [-0.2, 0) is 5.41 Å². The van der Waals surface area contributed by atoms with E-state index in [0.717, 1.165) is 67.3 Å². The molecule has 41 heavy (non-hydrogen) atoms. The van der Waals surface area contributed by atoms with Gasteiger partial charge in [0.2, 0.25) is 0 Å². The fourth-order valence-corrected chi connectivity index (χ4v) is 6.15. The van der Waals surface area contributed by atoms with Gasteiger partial charge in [0.1, 0.15) is 23.0 Å². The number of ether oxygens (including phenoxy) is 2. The zero-order valence-corrected chi connectivity index (χ0v) is 23.2. The quantitative estimate of drug-likeness (QED) is 0.226. The number of pyridine rings is 2. The Labute approximate surface area is 239 Å². The lowest BCUT2D eigenvalue weighted by molar-refractivity contribution is 0.464. The molecule has 0 unspecified atom stereocenters. The monoisotopic (exact) mass is 530 g/mol. The van der Waals surface area contributed by atoms with Crippen LogP contribution in [0.15, 0.2) is 109 Å². The van der Waals surface area contributed by atoms with Crippen LogP contribution in [0.25, 0.3) is 33.3 Å². The molecule has 0 aliphatic carbocycles. The molecule has 6 aromatic rings. The van der Waals surface area contributed by atoms with E-state index in [4.69, 9.17) is 19.4 Å². The van der Waals surface area contributed by atoms with Crippen molar-refractivity contribution >= 4 is 33.9 Å². The number of hydrogen-bond acceptors (Lipinski definition) is 4. The van der Waals surface area contributed by atoms with Gasteiger partial charge in [-0.15, -0.1) is 0 Å². The molecule has 0 atom stereocenters. The summed E-state index contributed by atoms with van der Waals surface area (Å²) in [6.45, 7) is 6.64. The highest BCUT2D eigenvalue weighted by Gasteiger charge is 2.40. The van der Waals surface area contributed by atoms with Crippen molar-refractivity contribution in [3.05, 3.63) is 115 Å². The molecule has 0 saturated carbocycles. The van der Waals surface area contributed by atoms with Gasteiger partial charge < -0.3 is 9.47 Å². The van der Waals surface area contributed by atoms with Crippen LogP contribution in [0.4, 0.5) is 0 Å². The van der Waals surface area contributed by atoms with E-state index in [-0.39, 0.29) is 12.1 Å². The molecule has 0 radical (unpaired) electrons. The van der Waals surface area contributed by atoms with Gasteiger partial charge >= 0.3 is 0 Å². The number of nitrogens with zero attached hydrogens (tertiary/aromatic N) is 2.